The van der Waals surface area contributed by atoms with Gasteiger partial charge in [-0.2, -0.15) is 0 Å². The number of hydrogen-bond acceptors (Lipinski definition) is 4. The van der Waals surface area contributed by atoms with Crippen LogP contribution in [0.15, 0.2) is 35.7 Å². The first-order chi connectivity index (χ1) is 15.5. The lowest BCUT2D eigenvalue weighted by Gasteiger charge is -2.37. The number of amides is 2. The van der Waals surface area contributed by atoms with Gasteiger partial charge in [-0.1, -0.05) is 26.3 Å². The van der Waals surface area contributed by atoms with Gasteiger partial charge in [0.2, 0.25) is 11.8 Å². The van der Waals surface area contributed by atoms with Gasteiger partial charge in [-0.15, -0.1) is 11.3 Å². The molecule has 172 valence electrons. The second-order valence-corrected chi connectivity index (χ2v) is 9.93. The Hall–Kier alpha value is -2.41. The Morgan fingerprint density at radius 2 is 2.12 bits per heavy atom. The number of ether oxygens (including phenoxy) is 1. The van der Waals surface area contributed by atoms with E-state index in [0.29, 0.717) is 24.8 Å². The van der Waals surface area contributed by atoms with Crippen molar-refractivity contribution in [1.82, 2.24) is 9.80 Å². The quantitative estimate of drug-likeness (QED) is 0.548. The first kappa shape index (κ1) is 22.8. The minimum absolute atomic E-state index is 0.0491. The SMILES string of the molecule is CC[C@H](C)CN(CC(=O)N1CCc2sccc2[C@@H]1COc1cccc(F)c1)C(=O)C1CC1. The summed E-state index contributed by atoms with van der Waals surface area (Å²) in [6.07, 6.45) is 3.62. The summed E-state index contributed by atoms with van der Waals surface area (Å²) in [6, 6.07) is 7.86. The van der Waals surface area contributed by atoms with Crippen LogP contribution in [0.3, 0.4) is 0 Å². The van der Waals surface area contributed by atoms with E-state index in [2.05, 4.69) is 13.8 Å². The highest BCUT2D eigenvalue weighted by Crippen LogP contribution is 2.35. The van der Waals surface area contributed by atoms with Crippen molar-refractivity contribution in [3.63, 3.8) is 0 Å². The molecular weight excluding hydrogens is 427 g/mol. The molecule has 2 atom stereocenters. The molecule has 1 aliphatic heterocycles. The summed E-state index contributed by atoms with van der Waals surface area (Å²) in [5.74, 6) is 0.592. The zero-order valence-corrected chi connectivity index (χ0v) is 19.6. The molecule has 1 aliphatic carbocycles. The minimum atomic E-state index is -0.352. The summed E-state index contributed by atoms with van der Waals surface area (Å²) in [5, 5.41) is 2.04. The molecule has 1 aromatic carbocycles. The molecule has 4 rings (SSSR count). The fraction of sp³-hybridized carbons (Fsp3) is 0.520. The van der Waals surface area contributed by atoms with Gasteiger partial charge in [0, 0.05) is 30.0 Å². The fourth-order valence-corrected chi connectivity index (χ4v) is 5.12. The van der Waals surface area contributed by atoms with Gasteiger partial charge in [0.05, 0.1) is 12.6 Å². The summed E-state index contributed by atoms with van der Waals surface area (Å²) >= 11 is 1.69. The number of carbonyl (C=O) groups is 2. The summed E-state index contributed by atoms with van der Waals surface area (Å²) in [6.45, 7) is 5.79. The number of hydrogen-bond donors (Lipinski definition) is 0. The molecule has 1 saturated carbocycles. The van der Waals surface area contributed by atoms with Crippen LogP contribution in [0.2, 0.25) is 0 Å². The van der Waals surface area contributed by atoms with Crippen LogP contribution < -0.4 is 4.74 Å². The van der Waals surface area contributed by atoms with Crippen LogP contribution in [0.1, 0.15) is 49.6 Å². The normalized spacial score (nSPS) is 18.7. The molecule has 0 saturated heterocycles. The van der Waals surface area contributed by atoms with Crippen molar-refractivity contribution >= 4 is 23.2 Å². The van der Waals surface area contributed by atoms with Gasteiger partial charge in [-0.05, 0) is 54.3 Å². The Kier molecular flexibility index (Phi) is 7.13. The van der Waals surface area contributed by atoms with E-state index in [0.717, 1.165) is 31.2 Å². The first-order valence-electron chi connectivity index (χ1n) is 11.5. The molecule has 2 heterocycles. The molecular formula is C25H31FN2O3S. The van der Waals surface area contributed by atoms with Crippen LogP contribution in [-0.2, 0) is 16.0 Å². The van der Waals surface area contributed by atoms with Crippen LogP contribution in [0.4, 0.5) is 4.39 Å². The lowest BCUT2D eigenvalue weighted by atomic mass is 10.00. The van der Waals surface area contributed by atoms with E-state index in [1.165, 1.54) is 17.0 Å². The van der Waals surface area contributed by atoms with Gasteiger partial charge in [0.15, 0.2) is 0 Å². The zero-order valence-electron chi connectivity index (χ0n) is 18.8. The molecule has 0 N–H and O–H groups in total. The molecule has 2 aromatic rings. The molecule has 1 aromatic heterocycles. The molecule has 0 radical (unpaired) electrons. The van der Waals surface area contributed by atoms with Crippen molar-refractivity contribution in [3.8, 4) is 5.75 Å². The predicted molar refractivity (Wildman–Crippen MR) is 123 cm³/mol. The van der Waals surface area contributed by atoms with Gasteiger partial charge >= 0.3 is 0 Å². The average molecular weight is 459 g/mol. The number of nitrogens with zero attached hydrogens (tertiary/aromatic N) is 2. The van der Waals surface area contributed by atoms with E-state index in [4.69, 9.17) is 4.74 Å². The highest BCUT2D eigenvalue weighted by Gasteiger charge is 2.37. The maximum absolute atomic E-state index is 13.6. The highest BCUT2D eigenvalue weighted by atomic mass is 32.1. The van der Waals surface area contributed by atoms with E-state index in [-0.39, 0.29) is 42.7 Å². The lowest BCUT2D eigenvalue weighted by Crippen LogP contribution is -2.48. The van der Waals surface area contributed by atoms with Crippen LogP contribution in [0, 0.1) is 17.7 Å². The molecule has 0 spiro atoms. The third-order valence-corrected chi connectivity index (χ3v) is 7.41. The molecule has 7 heteroatoms. The molecule has 0 bridgehead atoms. The van der Waals surface area contributed by atoms with Gasteiger partial charge < -0.3 is 14.5 Å². The Balaban J connectivity index is 1.50. The monoisotopic (exact) mass is 458 g/mol. The van der Waals surface area contributed by atoms with Crippen molar-refractivity contribution in [2.75, 3.05) is 26.2 Å². The maximum Gasteiger partial charge on any atom is 0.242 e. The van der Waals surface area contributed by atoms with Crippen molar-refractivity contribution < 1.29 is 18.7 Å². The third-order valence-electron chi connectivity index (χ3n) is 6.41. The molecule has 2 aliphatic rings. The lowest BCUT2D eigenvalue weighted by molar-refractivity contribution is -0.143. The van der Waals surface area contributed by atoms with Gasteiger partial charge in [-0.3, -0.25) is 9.59 Å². The molecule has 2 amide bonds. The highest BCUT2D eigenvalue weighted by molar-refractivity contribution is 7.10. The number of fused-ring (bicyclic) bond motifs is 1. The standard InChI is InChI=1S/C25H31FN2O3S/c1-3-17(2)14-27(25(30)18-7-8-18)15-24(29)28-11-9-23-21(10-12-32-23)22(28)16-31-20-6-4-5-19(26)13-20/h4-6,10,12-13,17-18,22H,3,7-9,11,14-16H2,1-2H3/t17-,22-/m0/s1. The predicted octanol–water partition coefficient (Wildman–Crippen LogP) is 4.68. The van der Waals surface area contributed by atoms with Crippen molar-refractivity contribution in [2.45, 2.75) is 45.6 Å². The smallest absolute Gasteiger partial charge is 0.242 e. The zero-order chi connectivity index (χ0) is 22.7. The molecule has 32 heavy (non-hydrogen) atoms. The summed E-state index contributed by atoms with van der Waals surface area (Å²) in [4.78, 5) is 31.2. The van der Waals surface area contributed by atoms with E-state index < -0.39 is 0 Å². The summed E-state index contributed by atoms with van der Waals surface area (Å²) < 4.78 is 19.5. The number of rotatable bonds is 9. The van der Waals surface area contributed by atoms with Gasteiger partial charge in [0.1, 0.15) is 18.2 Å². The minimum Gasteiger partial charge on any atom is -0.491 e. The van der Waals surface area contributed by atoms with Crippen LogP contribution >= 0.6 is 11.3 Å². The number of carbonyl (C=O) groups excluding carboxylic acids is 2. The topological polar surface area (TPSA) is 49.9 Å². The summed E-state index contributed by atoms with van der Waals surface area (Å²) in [5.41, 5.74) is 1.09. The average Bonchev–Trinajstić information content (AvgIpc) is 3.52. The second-order valence-electron chi connectivity index (χ2n) is 8.93. The van der Waals surface area contributed by atoms with Crippen LogP contribution in [0.5, 0.6) is 5.75 Å². The van der Waals surface area contributed by atoms with E-state index in [1.807, 2.05) is 16.3 Å². The van der Waals surface area contributed by atoms with Crippen molar-refractivity contribution in [1.29, 1.82) is 0 Å². The van der Waals surface area contributed by atoms with E-state index in [9.17, 15) is 14.0 Å². The Bertz CT molecular complexity index is 958. The van der Waals surface area contributed by atoms with Gasteiger partial charge in [-0.25, -0.2) is 4.39 Å². The first-order valence-corrected chi connectivity index (χ1v) is 12.4. The molecule has 5 nitrogen and oxygen atoms in total. The number of thiophene rings is 1. The van der Waals surface area contributed by atoms with Crippen LogP contribution in [-0.4, -0.2) is 47.9 Å². The fourth-order valence-electron chi connectivity index (χ4n) is 4.19. The van der Waals surface area contributed by atoms with Gasteiger partial charge in [0.25, 0.3) is 0 Å². The second kappa shape index (κ2) is 10.0. The molecule has 0 unspecified atom stereocenters. The van der Waals surface area contributed by atoms with Crippen LogP contribution in [0.25, 0.3) is 0 Å². The maximum atomic E-state index is 13.6. The largest absolute Gasteiger partial charge is 0.491 e. The number of halogens is 1. The summed E-state index contributed by atoms with van der Waals surface area (Å²) in [7, 11) is 0. The Morgan fingerprint density at radius 3 is 2.84 bits per heavy atom. The Labute approximate surface area is 193 Å². The van der Waals surface area contributed by atoms with E-state index >= 15 is 0 Å². The third kappa shape index (κ3) is 5.31. The molecule has 1 fully saturated rings. The Morgan fingerprint density at radius 1 is 1.31 bits per heavy atom. The van der Waals surface area contributed by atoms with E-state index in [1.54, 1.807) is 28.4 Å². The van der Waals surface area contributed by atoms with Crippen molar-refractivity contribution in [2.24, 2.45) is 11.8 Å². The van der Waals surface area contributed by atoms with Crippen molar-refractivity contribution in [3.05, 3.63) is 52.0 Å². The number of benzene rings is 1.